The maximum Gasteiger partial charge on any atom is 0.416 e. The Morgan fingerprint density at radius 3 is 2.50 bits per heavy atom. The third-order valence-corrected chi connectivity index (χ3v) is 3.40. The van der Waals surface area contributed by atoms with Crippen molar-refractivity contribution in [2.24, 2.45) is 0 Å². The maximum absolute atomic E-state index is 12.7. The number of methoxy groups -OCH3 is 1. The second-order valence-corrected chi connectivity index (χ2v) is 5.63. The highest BCUT2D eigenvalue weighted by atomic mass is 32.1. The van der Waals surface area contributed by atoms with Crippen molar-refractivity contribution in [1.29, 1.82) is 0 Å². The van der Waals surface area contributed by atoms with Crippen LogP contribution in [-0.4, -0.2) is 23.3 Å². The summed E-state index contributed by atoms with van der Waals surface area (Å²) in [5.74, 6) is 0. The number of halogens is 3. The minimum atomic E-state index is -4.37. The summed E-state index contributed by atoms with van der Waals surface area (Å²) in [6.07, 6.45) is -4.37. The van der Waals surface area contributed by atoms with E-state index in [1.54, 1.807) is 11.7 Å². The van der Waals surface area contributed by atoms with Crippen LogP contribution in [0.25, 0.3) is 11.0 Å². The van der Waals surface area contributed by atoms with Crippen LogP contribution in [0.3, 0.4) is 0 Å². The van der Waals surface area contributed by atoms with Crippen LogP contribution in [0.2, 0.25) is 0 Å². The molecule has 2 rings (SSSR count). The molecular formula is C13H15F3N2OS. The fourth-order valence-corrected chi connectivity index (χ4v) is 2.76. The molecule has 0 unspecified atom stereocenters. The molecule has 0 bridgehead atoms. The minimum Gasteiger partial charge on any atom is -0.382 e. The summed E-state index contributed by atoms with van der Waals surface area (Å²) in [5.41, 5.74) is -0.152. The van der Waals surface area contributed by atoms with Crippen LogP contribution in [0.5, 0.6) is 0 Å². The molecule has 1 heterocycles. The summed E-state index contributed by atoms with van der Waals surface area (Å²) in [6, 6.07) is 3.57. The number of benzene rings is 1. The first-order valence-electron chi connectivity index (χ1n) is 5.98. The fourth-order valence-electron chi connectivity index (χ4n) is 2.31. The predicted octanol–water partition coefficient (Wildman–Crippen LogP) is 4.10. The number of rotatable bonds is 3. The highest BCUT2D eigenvalue weighted by molar-refractivity contribution is 7.71. The number of ether oxygens (including phenoxy) is 1. The smallest absolute Gasteiger partial charge is 0.382 e. The van der Waals surface area contributed by atoms with Gasteiger partial charge in [0.15, 0.2) is 4.77 Å². The molecule has 20 heavy (non-hydrogen) atoms. The molecule has 0 amide bonds. The van der Waals surface area contributed by atoms with E-state index in [0.717, 1.165) is 12.1 Å². The molecule has 110 valence electrons. The lowest BCUT2D eigenvalue weighted by Crippen LogP contribution is -2.31. The van der Waals surface area contributed by atoms with Crippen LogP contribution in [0.15, 0.2) is 18.2 Å². The van der Waals surface area contributed by atoms with Crippen molar-refractivity contribution in [1.82, 2.24) is 9.55 Å². The van der Waals surface area contributed by atoms with E-state index in [4.69, 9.17) is 17.0 Å². The summed E-state index contributed by atoms with van der Waals surface area (Å²) in [4.78, 5) is 2.83. The van der Waals surface area contributed by atoms with Gasteiger partial charge < -0.3 is 14.3 Å². The quantitative estimate of drug-likeness (QED) is 0.865. The molecule has 1 N–H and O–H groups in total. The number of aromatic nitrogens is 2. The van der Waals surface area contributed by atoms with Crippen LogP contribution in [0.4, 0.5) is 13.2 Å². The van der Waals surface area contributed by atoms with Gasteiger partial charge >= 0.3 is 6.18 Å². The Bertz CT molecular complexity index is 685. The second kappa shape index (κ2) is 4.89. The van der Waals surface area contributed by atoms with E-state index in [1.807, 2.05) is 13.8 Å². The highest BCUT2D eigenvalue weighted by Crippen LogP contribution is 2.32. The maximum atomic E-state index is 12.7. The normalized spacial score (nSPS) is 13.1. The van der Waals surface area contributed by atoms with Crippen molar-refractivity contribution in [3.05, 3.63) is 28.5 Å². The summed E-state index contributed by atoms with van der Waals surface area (Å²) in [7, 11) is 1.57. The Balaban J connectivity index is 2.65. The molecule has 1 aromatic carbocycles. The van der Waals surface area contributed by atoms with Gasteiger partial charge in [-0.1, -0.05) is 0 Å². The number of hydrogen-bond donors (Lipinski definition) is 1. The SMILES string of the molecule is COCC(C)(C)n1c(=S)[nH]c2cc(C(F)(F)F)ccc21. The Labute approximate surface area is 119 Å². The predicted molar refractivity (Wildman–Crippen MR) is 73.3 cm³/mol. The largest absolute Gasteiger partial charge is 0.416 e. The topological polar surface area (TPSA) is 29.9 Å². The van der Waals surface area contributed by atoms with Gasteiger partial charge in [-0.05, 0) is 44.3 Å². The van der Waals surface area contributed by atoms with Crippen molar-refractivity contribution in [2.45, 2.75) is 25.6 Å². The van der Waals surface area contributed by atoms with Crippen molar-refractivity contribution in [2.75, 3.05) is 13.7 Å². The van der Waals surface area contributed by atoms with Gasteiger partial charge in [0, 0.05) is 7.11 Å². The van der Waals surface area contributed by atoms with Gasteiger partial charge in [-0.15, -0.1) is 0 Å². The summed E-state index contributed by atoms with van der Waals surface area (Å²) in [6.45, 7) is 4.23. The first-order chi connectivity index (χ1) is 9.16. The van der Waals surface area contributed by atoms with Gasteiger partial charge in [0.2, 0.25) is 0 Å². The van der Waals surface area contributed by atoms with Gasteiger partial charge in [-0.2, -0.15) is 13.2 Å². The van der Waals surface area contributed by atoms with Gasteiger partial charge in [0.25, 0.3) is 0 Å². The molecule has 1 aromatic heterocycles. The zero-order valence-electron chi connectivity index (χ0n) is 11.3. The Morgan fingerprint density at radius 1 is 1.30 bits per heavy atom. The van der Waals surface area contributed by atoms with Crippen molar-refractivity contribution < 1.29 is 17.9 Å². The van der Waals surface area contributed by atoms with Crippen molar-refractivity contribution in [3.8, 4) is 0 Å². The van der Waals surface area contributed by atoms with E-state index >= 15 is 0 Å². The molecule has 0 saturated heterocycles. The number of aromatic amines is 1. The molecule has 0 fully saturated rings. The Hall–Kier alpha value is -1.34. The monoisotopic (exact) mass is 304 g/mol. The van der Waals surface area contributed by atoms with Crippen LogP contribution in [0, 0.1) is 4.77 Å². The van der Waals surface area contributed by atoms with Crippen molar-refractivity contribution >= 4 is 23.3 Å². The fraction of sp³-hybridized carbons (Fsp3) is 0.462. The number of nitrogens with one attached hydrogen (secondary N) is 1. The number of nitrogens with zero attached hydrogens (tertiary/aromatic N) is 1. The van der Waals surface area contributed by atoms with Gasteiger partial charge in [-0.3, -0.25) is 0 Å². The average Bonchev–Trinajstić information content (AvgIpc) is 2.62. The summed E-state index contributed by atoms with van der Waals surface area (Å²) >= 11 is 5.22. The molecule has 0 aliphatic rings. The lowest BCUT2D eigenvalue weighted by molar-refractivity contribution is -0.137. The zero-order chi connectivity index (χ0) is 15.1. The van der Waals surface area contributed by atoms with E-state index in [0.29, 0.717) is 22.4 Å². The Kier molecular flexibility index (Phi) is 3.68. The number of hydrogen-bond acceptors (Lipinski definition) is 2. The standard InChI is InChI=1S/C13H15F3N2OS/c1-12(2,7-19-3)18-10-5-4-8(13(14,15)16)6-9(10)17-11(18)20/h4-6H,7H2,1-3H3,(H,17,20). The third kappa shape index (κ3) is 2.60. The third-order valence-electron chi connectivity index (χ3n) is 3.11. The van der Waals surface area contributed by atoms with E-state index < -0.39 is 17.3 Å². The van der Waals surface area contributed by atoms with Crippen molar-refractivity contribution in [3.63, 3.8) is 0 Å². The number of fused-ring (bicyclic) bond motifs is 1. The molecule has 7 heteroatoms. The van der Waals surface area contributed by atoms with Crippen LogP contribution >= 0.6 is 12.2 Å². The van der Waals surface area contributed by atoms with E-state index in [-0.39, 0.29) is 0 Å². The Morgan fingerprint density at radius 2 is 1.95 bits per heavy atom. The van der Waals surface area contributed by atoms with Gasteiger partial charge in [-0.25, -0.2) is 0 Å². The lowest BCUT2D eigenvalue weighted by atomic mass is 10.1. The summed E-state index contributed by atoms with van der Waals surface area (Å²) in [5, 5.41) is 0. The van der Waals surface area contributed by atoms with E-state index in [9.17, 15) is 13.2 Å². The highest BCUT2D eigenvalue weighted by Gasteiger charge is 2.31. The van der Waals surface area contributed by atoms with E-state index in [1.165, 1.54) is 6.07 Å². The molecular weight excluding hydrogens is 289 g/mol. The minimum absolute atomic E-state index is 0.369. The molecule has 0 atom stereocenters. The lowest BCUT2D eigenvalue weighted by Gasteiger charge is -2.26. The molecule has 3 nitrogen and oxygen atoms in total. The molecule has 0 spiro atoms. The first kappa shape index (κ1) is 15.1. The molecule has 0 aliphatic heterocycles. The first-order valence-corrected chi connectivity index (χ1v) is 6.39. The summed E-state index contributed by atoms with van der Waals surface area (Å²) < 4.78 is 45.4. The molecule has 2 aromatic rings. The molecule has 0 saturated carbocycles. The van der Waals surface area contributed by atoms with Crippen LogP contribution in [0.1, 0.15) is 19.4 Å². The van der Waals surface area contributed by atoms with Gasteiger partial charge in [0.1, 0.15) is 0 Å². The number of H-pyrrole nitrogens is 1. The van der Waals surface area contributed by atoms with E-state index in [2.05, 4.69) is 4.98 Å². The van der Waals surface area contributed by atoms with Gasteiger partial charge in [0.05, 0.1) is 28.7 Å². The second-order valence-electron chi connectivity index (χ2n) is 5.24. The van der Waals surface area contributed by atoms with Crippen LogP contribution < -0.4 is 0 Å². The molecule has 0 aliphatic carbocycles. The molecule has 0 radical (unpaired) electrons. The zero-order valence-corrected chi connectivity index (χ0v) is 12.2. The average molecular weight is 304 g/mol. The number of imidazole rings is 1. The number of alkyl halides is 3. The van der Waals surface area contributed by atoms with Crippen LogP contribution in [-0.2, 0) is 16.5 Å².